The summed E-state index contributed by atoms with van der Waals surface area (Å²) in [6.07, 6.45) is 4.08. The molecule has 0 amide bonds. The number of aliphatic hydroxyl groups excluding tert-OH is 1. The van der Waals surface area contributed by atoms with Gasteiger partial charge in [-0.3, -0.25) is 4.98 Å². The average molecular weight is 208 g/mol. The van der Waals surface area contributed by atoms with Crippen LogP contribution in [0.15, 0.2) is 24.5 Å². The monoisotopic (exact) mass is 208 g/mol. The van der Waals surface area contributed by atoms with Crippen LogP contribution in [0.5, 0.6) is 0 Å². The molecule has 0 spiro atoms. The van der Waals surface area contributed by atoms with Crippen molar-refractivity contribution < 1.29 is 5.11 Å². The van der Waals surface area contributed by atoms with Gasteiger partial charge in [0, 0.05) is 24.9 Å². The third-order valence-electron chi connectivity index (χ3n) is 3.01. The zero-order valence-electron chi connectivity index (χ0n) is 9.43. The van der Waals surface area contributed by atoms with Gasteiger partial charge in [-0.1, -0.05) is 26.3 Å². The lowest BCUT2D eigenvalue weighted by Gasteiger charge is -2.26. The Kier molecular flexibility index (Phi) is 4.72. The maximum Gasteiger partial charge on any atom is 0.0646 e. The molecule has 1 rings (SSSR count). The number of hydrogen-bond donors (Lipinski definition) is 2. The number of aliphatic hydroxyl groups is 1. The fourth-order valence-electron chi connectivity index (χ4n) is 1.71. The van der Waals surface area contributed by atoms with E-state index in [2.05, 4.69) is 11.9 Å². The maximum absolute atomic E-state index is 10.1. The minimum absolute atomic E-state index is 0.00588. The van der Waals surface area contributed by atoms with Crippen LogP contribution < -0.4 is 5.73 Å². The van der Waals surface area contributed by atoms with Gasteiger partial charge in [0.05, 0.1) is 6.10 Å². The molecule has 0 aliphatic carbocycles. The van der Waals surface area contributed by atoms with Crippen molar-refractivity contribution >= 4 is 0 Å². The van der Waals surface area contributed by atoms with Crippen molar-refractivity contribution in [1.82, 2.24) is 4.98 Å². The van der Waals surface area contributed by atoms with Crippen LogP contribution in [-0.4, -0.2) is 22.7 Å². The lowest BCUT2D eigenvalue weighted by Crippen LogP contribution is -2.31. The summed E-state index contributed by atoms with van der Waals surface area (Å²) < 4.78 is 0. The van der Waals surface area contributed by atoms with Crippen molar-refractivity contribution in [2.24, 2.45) is 11.7 Å². The molecule has 0 saturated heterocycles. The molecule has 0 aromatic carbocycles. The first-order valence-electron chi connectivity index (χ1n) is 5.48. The van der Waals surface area contributed by atoms with E-state index in [-0.39, 0.29) is 17.9 Å². The Hall–Kier alpha value is -0.930. The van der Waals surface area contributed by atoms with Crippen LogP contribution in [-0.2, 0) is 0 Å². The molecule has 0 fully saturated rings. The molecular formula is C12H20N2O. The van der Waals surface area contributed by atoms with Crippen LogP contribution in [0, 0.1) is 5.92 Å². The van der Waals surface area contributed by atoms with E-state index in [0.717, 1.165) is 12.0 Å². The van der Waals surface area contributed by atoms with Gasteiger partial charge in [0.2, 0.25) is 0 Å². The molecular weight excluding hydrogens is 188 g/mol. The Morgan fingerprint density at radius 3 is 2.73 bits per heavy atom. The highest BCUT2D eigenvalue weighted by Crippen LogP contribution is 2.24. The SMILES string of the molecule is CCC(C)C(O)C(CN)c1cccnc1. The van der Waals surface area contributed by atoms with E-state index in [4.69, 9.17) is 5.73 Å². The number of nitrogens with zero attached hydrogens (tertiary/aromatic N) is 1. The third kappa shape index (κ3) is 3.01. The van der Waals surface area contributed by atoms with Crippen molar-refractivity contribution in [1.29, 1.82) is 0 Å². The topological polar surface area (TPSA) is 59.1 Å². The average Bonchev–Trinajstić information content (AvgIpc) is 2.30. The zero-order chi connectivity index (χ0) is 11.3. The minimum Gasteiger partial charge on any atom is -0.392 e. The van der Waals surface area contributed by atoms with Gasteiger partial charge in [0.25, 0.3) is 0 Å². The molecule has 1 aromatic rings. The van der Waals surface area contributed by atoms with Gasteiger partial charge >= 0.3 is 0 Å². The van der Waals surface area contributed by atoms with Gasteiger partial charge in [-0.15, -0.1) is 0 Å². The van der Waals surface area contributed by atoms with E-state index in [0.29, 0.717) is 6.54 Å². The van der Waals surface area contributed by atoms with Crippen LogP contribution in [0.4, 0.5) is 0 Å². The lowest BCUT2D eigenvalue weighted by molar-refractivity contribution is 0.0885. The van der Waals surface area contributed by atoms with Crippen LogP contribution in [0.1, 0.15) is 31.7 Å². The molecule has 3 unspecified atom stereocenters. The lowest BCUT2D eigenvalue weighted by atomic mass is 9.86. The molecule has 3 atom stereocenters. The quantitative estimate of drug-likeness (QED) is 0.771. The summed E-state index contributed by atoms with van der Waals surface area (Å²) in [5, 5.41) is 10.1. The molecule has 3 nitrogen and oxygen atoms in total. The molecule has 1 heterocycles. The van der Waals surface area contributed by atoms with Crippen molar-refractivity contribution in [2.45, 2.75) is 32.3 Å². The predicted octanol–water partition coefficient (Wildman–Crippen LogP) is 1.53. The van der Waals surface area contributed by atoms with E-state index in [1.165, 1.54) is 0 Å². The highest BCUT2D eigenvalue weighted by Gasteiger charge is 2.24. The molecule has 0 bridgehead atoms. The van der Waals surface area contributed by atoms with Crippen molar-refractivity contribution in [3.05, 3.63) is 30.1 Å². The highest BCUT2D eigenvalue weighted by molar-refractivity contribution is 5.17. The number of hydrogen-bond acceptors (Lipinski definition) is 3. The van der Waals surface area contributed by atoms with Crippen molar-refractivity contribution in [2.75, 3.05) is 6.54 Å². The van der Waals surface area contributed by atoms with Gasteiger partial charge in [-0.05, 0) is 17.5 Å². The van der Waals surface area contributed by atoms with E-state index < -0.39 is 0 Å². The first-order chi connectivity index (χ1) is 7.20. The summed E-state index contributed by atoms with van der Waals surface area (Å²) in [5.41, 5.74) is 6.73. The van der Waals surface area contributed by atoms with E-state index in [1.807, 2.05) is 19.1 Å². The minimum atomic E-state index is -0.385. The Bertz CT molecular complexity index is 276. The molecule has 0 saturated carbocycles. The first kappa shape index (κ1) is 12.1. The Morgan fingerprint density at radius 1 is 1.53 bits per heavy atom. The van der Waals surface area contributed by atoms with Gasteiger partial charge in [0.15, 0.2) is 0 Å². The smallest absolute Gasteiger partial charge is 0.0646 e. The largest absolute Gasteiger partial charge is 0.392 e. The van der Waals surface area contributed by atoms with Crippen molar-refractivity contribution in [3.63, 3.8) is 0 Å². The summed E-state index contributed by atoms with van der Waals surface area (Å²) >= 11 is 0. The molecule has 15 heavy (non-hydrogen) atoms. The molecule has 1 aromatic heterocycles. The van der Waals surface area contributed by atoms with Crippen LogP contribution >= 0.6 is 0 Å². The van der Waals surface area contributed by atoms with Crippen molar-refractivity contribution in [3.8, 4) is 0 Å². The molecule has 0 aliphatic rings. The van der Waals surface area contributed by atoms with Crippen LogP contribution in [0.25, 0.3) is 0 Å². The van der Waals surface area contributed by atoms with Crippen LogP contribution in [0.2, 0.25) is 0 Å². The molecule has 3 heteroatoms. The second-order valence-corrected chi connectivity index (χ2v) is 4.00. The van der Waals surface area contributed by atoms with Crippen LogP contribution in [0.3, 0.4) is 0 Å². The van der Waals surface area contributed by atoms with Gasteiger partial charge < -0.3 is 10.8 Å². The zero-order valence-corrected chi connectivity index (χ0v) is 9.43. The highest BCUT2D eigenvalue weighted by atomic mass is 16.3. The standard InChI is InChI=1S/C12H20N2O/c1-3-9(2)12(15)11(7-13)10-5-4-6-14-8-10/h4-6,8-9,11-12,15H,3,7,13H2,1-2H3. The molecule has 0 aliphatic heterocycles. The second kappa shape index (κ2) is 5.83. The number of nitrogens with two attached hydrogens (primary N) is 1. The first-order valence-corrected chi connectivity index (χ1v) is 5.48. The van der Waals surface area contributed by atoms with Gasteiger partial charge in [-0.2, -0.15) is 0 Å². The predicted molar refractivity (Wildman–Crippen MR) is 61.5 cm³/mol. The molecule has 84 valence electrons. The fourth-order valence-corrected chi connectivity index (χ4v) is 1.71. The van der Waals surface area contributed by atoms with Gasteiger partial charge in [0.1, 0.15) is 0 Å². The molecule has 0 radical (unpaired) electrons. The Morgan fingerprint density at radius 2 is 2.27 bits per heavy atom. The maximum atomic E-state index is 10.1. The summed E-state index contributed by atoms with van der Waals surface area (Å²) in [6.45, 7) is 4.58. The third-order valence-corrected chi connectivity index (χ3v) is 3.01. The Balaban J connectivity index is 2.80. The summed E-state index contributed by atoms with van der Waals surface area (Å²) in [5.74, 6) is 0.257. The number of rotatable bonds is 5. The number of pyridine rings is 1. The van der Waals surface area contributed by atoms with E-state index >= 15 is 0 Å². The summed E-state index contributed by atoms with van der Waals surface area (Å²) in [7, 11) is 0. The Labute approximate surface area is 91.3 Å². The second-order valence-electron chi connectivity index (χ2n) is 4.00. The van der Waals surface area contributed by atoms with Gasteiger partial charge in [-0.25, -0.2) is 0 Å². The van der Waals surface area contributed by atoms with E-state index in [1.54, 1.807) is 12.4 Å². The van der Waals surface area contributed by atoms with E-state index in [9.17, 15) is 5.11 Å². The summed E-state index contributed by atoms with van der Waals surface area (Å²) in [4.78, 5) is 4.05. The summed E-state index contributed by atoms with van der Waals surface area (Å²) in [6, 6.07) is 3.84. The molecule has 3 N–H and O–H groups in total. The number of aromatic nitrogens is 1. The fraction of sp³-hybridized carbons (Fsp3) is 0.583. The normalized spacial score (nSPS) is 17.1.